The van der Waals surface area contributed by atoms with E-state index in [1.807, 2.05) is 13.8 Å². The molecule has 0 spiro atoms. The zero-order valence-corrected chi connectivity index (χ0v) is 14.4. The monoisotopic (exact) mass is 354 g/mol. The Labute approximate surface area is 150 Å². The summed E-state index contributed by atoms with van der Waals surface area (Å²) in [5.41, 5.74) is 0.433. The lowest BCUT2D eigenvalue weighted by atomic mass is 10.1. The van der Waals surface area contributed by atoms with E-state index in [-0.39, 0.29) is 18.2 Å². The first-order chi connectivity index (χ1) is 12.5. The Kier molecular flexibility index (Phi) is 4.88. The number of carbonyl (C=O) groups excluding carboxylic acids is 3. The van der Waals surface area contributed by atoms with Crippen LogP contribution < -0.4 is 10.1 Å². The minimum atomic E-state index is -0.778. The molecule has 0 bridgehead atoms. The Morgan fingerprint density at radius 1 is 1.15 bits per heavy atom. The number of nitrogens with one attached hydrogen (secondary N) is 1. The van der Waals surface area contributed by atoms with Gasteiger partial charge in [0.05, 0.1) is 18.9 Å². The van der Waals surface area contributed by atoms with E-state index < -0.39 is 17.8 Å². The molecule has 1 aliphatic rings. The first-order valence-electron chi connectivity index (χ1n) is 8.12. The smallest absolute Gasteiger partial charge is 0.331 e. The summed E-state index contributed by atoms with van der Waals surface area (Å²) in [6.07, 6.45) is 2.81. The summed E-state index contributed by atoms with van der Waals surface area (Å²) in [5, 5.41) is 2.18. The van der Waals surface area contributed by atoms with Gasteiger partial charge in [-0.1, -0.05) is 18.2 Å². The first kappa shape index (κ1) is 17.5. The van der Waals surface area contributed by atoms with Gasteiger partial charge in [-0.15, -0.1) is 0 Å². The van der Waals surface area contributed by atoms with Gasteiger partial charge in [-0.05, 0) is 38.1 Å². The minimum Gasteiger partial charge on any atom is -0.490 e. The third-order valence-electron chi connectivity index (χ3n) is 3.66. The maximum atomic E-state index is 12.7. The largest absolute Gasteiger partial charge is 0.490 e. The highest BCUT2D eigenvalue weighted by molar-refractivity contribution is 6.31. The van der Waals surface area contributed by atoms with Crippen LogP contribution in [0.1, 0.15) is 25.2 Å². The molecule has 0 saturated carbocycles. The van der Waals surface area contributed by atoms with Crippen molar-refractivity contribution in [2.45, 2.75) is 26.5 Å². The molecule has 7 heteroatoms. The lowest BCUT2D eigenvalue weighted by Gasteiger charge is -2.25. The van der Waals surface area contributed by atoms with Crippen LogP contribution in [0, 0.1) is 0 Å². The molecule has 1 fully saturated rings. The lowest BCUT2D eigenvalue weighted by molar-refractivity contribution is -0.130. The highest BCUT2D eigenvalue weighted by atomic mass is 16.5. The number of amides is 4. The van der Waals surface area contributed by atoms with E-state index in [1.165, 1.54) is 12.3 Å². The van der Waals surface area contributed by atoms with E-state index >= 15 is 0 Å². The summed E-state index contributed by atoms with van der Waals surface area (Å²) >= 11 is 0. The van der Waals surface area contributed by atoms with Gasteiger partial charge in [0.1, 0.15) is 17.1 Å². The van der Waals surface area contributed by atoms with E-state index in [2.05, 4.69) is 5.32 Å². The average Bonchev–Trinajstić information content (AvgIpc) is 3.09. The molecule has 1 saturated heterocycles. The predicted molar refractivity (Wildman–Crippen MR) is 93.0 cm³/mol. The molecule has 7 nitrogen and oxygen atoms in total. The number of urea groups is 1. The Morgan fingerprint density at radius 3 is 2.62 bits per heavy atom. The van der Waals surface area contributed by atoms with Crippen LogP contribution in [0.4, 0.5) is 4.79 Å². The van der Waals surface area contributed by atoms with Crippen molar-refractivity contribution in [3.05, 3.63) is 59.6 Å². The number of benzene rings is 1. The van der Waals surface area contributed by atoms with Gasteiger partial charge in [-0.2, -0.15) is 0 Å². The van der Waals surface area contributed by atoms with E-state index in [0.29, 0.717) is 17.1 Å². The molecule has 0 unspecified atom stereocenters. The van der Waals surface area contributed by atoms with Crippen molar-refractivity contribution in [1.29, 1.82) is 0 Å². The highest BCUT2D eigenvalue weighted by Gasteiger charge is 2.36. The zero-order valence-electron chi connectivity index (χ0n) is 14.4. The van der Waals surface area contributed by atoms with E-state index in [0.717, 1.165) is 4.90 Å². The molecule has 1 aliphatic heterocycles. The maximum Gasteiger partial charge on any atom is 0.331 e. The number of carbonyl (C=O) groups is 3. The number of imide groups is 2. The van der Waals surface area contributed by atoms with Crippen molar-refractivity contribution in [3.63, 3.8) is 0 Å². The van der Waals surface area contributed by atoms with Crippen molar-refractivity contribution in [2.24, 2.45) is 0 Å². The average molecular weight is 354 g/mol. The van der Waals surface area contributed by atoms with Crippen molar-refractivity contribution in [3.8, 4) is 5.75 Å². The molecule has 0 aliphatic carbocycles. The van der Waals surface area contributed by atoms with Gasteiger partial charge in [0.15, 0.2) is 0 Å². The second-order valence-electron chi connectivity index (χ2n) is 5.99. The van der Waals surface area contributed by atoms with Crippen molar-refractivity contribution < 1.29 is 23.5 Å². The molecule has 2 aromatic rings. The van der Waals surface area contributed by atoms with Crippen LogP contribution in [-0.2, 0) is 16.1 Å². The topological polar surface area (TPSA) is 88.8 Å². The fourth-order valence-corrected chi connectivity index (χ4v) is 2.51. The first-order valence-corrected chi connectivity index (χ1v) is 8.12. The second-order valence-corrected chi connectivity index (χ2v) is 5.99. The molecule has 0 radical (unpaired) electrons. The summed E-state index contributed by atoms with van der Waals surface area (Å²) in [6, 6.07) is 9.59. The van der Waals surface area contributed by atoms with Crippen LogP contribution >= 0.6 is 0 Å². The van der Waals surface area contributed by atoms with Gasteiger partial charge >= 0.3 is 6.03 Å². The number of barbiturate groups is 1. The quantitative estimate of drug-likeness (QED) is 0.659. The van der Waals surface area contributed by atoms with Crippen molar-refractivity contribution in [1.82, 2.24) is 10.2 Å². The van der Waals surface area contributed by atoms with Gasteiger partial charge in [-0.25, -0.2) is 4.79 Å². The number of ether oxygens (including phenoxy) is 1. The Hall–Kier alpha value is -3.35. The minimum absolute atomic E-state index is 0.0631. The van der Waals surface area contributed by atoms with Crippen LogP contribution in [-0.4, -0.2) is 28.8 Å². The number of hydrogen-bond donors (Lipinski definition) is 1. The maximum absolute atomic E-state index is 12.7. The molecule has 0 atom stereocenters. The van der Waals surface area contributed by atoms with Crippen molar-refractivity contribution >= 4 is 23.9 Å². The second kappa shape index (κ2) is 7.26. The summed E-state index contributed by atoms with van der Waals surface area (Å²) in [5.74, 6) is -0.444. The molecule has 26 heavy (non-hydrogen) atoms. The molecular weight excluding hydrogens is 336 g/mol. The van der Waals surface area contributed by atoms with Gasteiger partial charge in [0.2, 0.25) is 0 Å². The number of furan rings is 1. The Balaban J connectivity index is 1.93. The van der Waals surface area contributed by atoms with Crippen molar-refractivity contribution in [2.75, 3.05) is 0 Å². The summed E-state index contributed by atoms with van der Waals surface area (Å²) in [4.78, 5) is 37.9. The summed E-state index contributed by atoms with van der Waals surface area (Å²) in [7, 11) is 0. The SMILES string of the molecule is CC(C)Oc1ccccc1C=C1C(=O)NC(=O)N(Cc2ccco2)C1=O. The molecule has 134 valence electrons. The number of para-hydroxylation sites is 1. The third-order valence-corrected chi connectivity index (χ3v) is 3.66. The fourth-order valence-electron chi connectivity index (χ4n) is 2.51. The van der Waals surface area contributed by atoms with E-state index in [9.17, 15) is 14.4 Å². The predicted octanol–water partition coefficient (Wildman–Crippen LogP) is 2.73. The lowest BCUT2D eigenvalue weighted by Crippen LogP contribution is -2.53. The molecule has 2 heterocycles. The molecule has 3 rings (SSSR count). The molecule has 1 N–H and O–H groups in total. The van der Waals surface area contributed by atoms with Crippen LogP contribution in [0.3, 0.4) is 0 Å². The zero-order chi connectivity index (χ0) is 18.7. The molecule has 1 aromatic carbocycles. The number of hydrogen-bond acceptors (Lipinski definition) is 5. The Morgan fingerprint density at radius 2 is 1.92 bits per heavy atom. The van der Waals surface area contributed by atoms with Crippen LogP contribution in [0.15, 0.2) is 52.7 Å². The molecular formula is C19H18N2O5. The third kappa shape index (κ3) is 3.66. The van der Waals surface area contributed by atoms with Gasteiger partial charge in [0.25, 0.3) is 11.8 Å². The summed E-state index contributed by atoms with van der Waals surface area (Å²) < 4.78 is 10.9. The fraction of sp³-hybridized carbons (Fsp3) is 0.211. The van der Waals surface area contributed by atoms with Gasteiger partial charge in [-0.3, -0.25) is 19.8 Å². The van der Waals surface area contributed by atoms with Crippen LogP contribution in [0.5, 0.6) is 5.75 Å². The number of nitrogens with zero attached hydrogens (tertiary/aromatic N) is 1. The van der Waals surface area contributed by atoms with Crippen LogP contribution in [0.25, 0.3) is 6.08 Å². The van der Waals surface area contributed by atoms with E-state index in [4.69, 9.17) is 9.15 Å². The molecule has 4 amide bonds. The van der Waals surface area contributed by atoms with Gasteiger partial charge in [0, 0.05) is 5.56 Å². The number of rotatable bonds is 5. The summed E-state index contributed by atoms with van der Waals surface area (Å²) in [6.45, 7) is 3.70. The van der Waals surface area contributed by atoms with E-state index in [1.54, 1.807) is 36.4 Å². The normalized spacial score (nSPS) is 16.3. The Bertz CT molecular complexity index is 868. The highest BCUT2D eigenvalue weighted by Crippen LogP contribution is 2.24. The standard InChI is InChI=1S/C19H18N2O5/c1-12(2)26-16-8-4-3-6-13(16)10-15-17(22)20-19(24)21(18(15)23)11-14-7-5-9-25-14/h3-10,12H,11H2,1-2H3,(H,20,22,24). The van der Waals surface area contributed by atoms with Gasteiger partial charge < -0.3 is 9.15 Å². The molecule has 1 aromatic heterocycles. The van der Waals surface area contributed by atoms with Crippen LogP contribution in [0.2, 0.25) is 0 Å².